The Balaban J connectivity index is 1.70. The molecule has 1 aliphatic heterocycles. The van der Waals surface area contributed by atoms with Gasteiger partial charge in [-0.05, 0) is 18.2 Å². The van der Waals surface area contributed by atoms with Crippen LogP contribution in [0.3, 0.4) is 0 Å². The van der Waals surface area contributed by atoms with Crippen molar-refractivity contribution in [3.05, 3.63) is 68.7 Å². The Hall–Kier alpha value is -2.93. The van der Waals surface area contributed by atoms with Crippen molar-refractivity contribution in [2.75, 3.05) is 5.32 Å². The van der Waals surface area contributed by atoms with Crippen molar-refractivity contribution in [1.82, 2.24) is 0 Å². The molecule has 1 atom stereocenters. The Morgan fingerprint density at radius 3 is 2.75 bits per heavy atom. The number of rotatable bonds is 4. The molecule has 1 aliphatic rings. The zero-order valence-corrected chi connectivity index (χ0v) is 12.9. The molecule has 0 saturated carbocycles. The third kappa shape index (κ3) is 3.07. The summed E-state index contributed by atoms with van der Waals surface area (Å²) in [5, 5.41) is 13.2. The number of fused-ring (bicyclic) bond motifs is 1. The number of halogens is 1. The van der Waals surface area contributed by atoms with Crippen molar-refractivity contribution in [1.29, 1.82) is 0 Å². The summed E-state index contributed by atoms with van der Waals surface area (Å²) < 4.78 is 5.20. The molecule has 24 heavy (non-hydrogen) atoms. The lowest BCUT2D eigenvalue weighted by Gasteiger charge is -2.11. The van der Waals surface area contributed by atoms with E-state index in [4.69, 9.17) is 16.3 Å². The predicted molar refractivity (Wildman–Crippen MR) is 86.0 cm³/mol. The summed E-state index contributed by atoms with van der Waals surface area (Å²) >= 11 is 5.80. The van der Waals surface area contributed by atoms with E-state index >= 15 is 0 Å². The van der Waals surface area contributed by atoms with E-state index in [1.165, 1.54) is 18.2 Å². The lowest BCUT2D eigenvalue weighted by atomic mass is 10.0. The highest BCUT2D eigenvalue weighted by Crippen LogP contribution is 2.33. The van der Waals surface area contributed by atoms with E-state index in [2.05, 4.69) is 5.32 Å². The van der Waals surface area contributed by atoms with Crippen molar-refractivity contribution in [3.63, 3.8) is 0 Å². The predicted octanol–water partition coefficient (Wildman–Crippen LogP) is 3.49. The molecule has 0 bridgehead atoms. The van der Waals surface area contributed by atoms with Gasteiger partial charge in [-0.25, -0.2) is 4.79 Å². The number of nitrogens with zero attached hydrogens (tertiary/aromatic N) is 1. The number of benzene rings is 2. The number of esters is 1. The van der Waals surface area contributed by atoms with Gasteiger partial charge >= 0.3 is 5.97 Å². The minimum absolute atomic E-state index is 0.0582. The summed E-state index contributed by atoms with van der Waals surface area (Å²) in [4.78, 5) is 34.0. The number of hydrogen-bond acceptors (Lipinski definition) is 5. The van der Waals surface area contributed by atoms with Crippen LogP contribution in [0.2, 0.25) is 5.02 Å². The maximum absolute atomic E-state index is 12.1. The van der Waals surface area contributed by atoms with E-state index in [9.17, 15) is 19.7 Å². The van der Waals surface area contributed by atoms with Crippen LogP contribution < -0.4 is 5.32 Å². The van der Waals surface area contributed by atoms with Gasteiger partial charge in [0.2, 0.25) is 5.91 Å². The second-order valence-electron chi connectivity index (χ2n) is 5.16. The molecule has 2 aromatic rings. The van der Waals surface area contributed by atoms with Crippen LogP contribution in [0.4, 0.5) is 11.4 Å². The van der Waals surface area contributed by atoms with E-state index in [1.54, 1.807) is 24.3 Å². The molecule has 8 heteroatoms. The molecule has 1 N–H and O–H groups in total. The number of carbonyl (C=O) groups is 2. The van der Waals surface area contributed by atoms with Crippen molar-refractivity contribution in [2.45, 2.75) is 12.5 Å². The van der Waals surface area contributed by atoms with Gasteiger partial charge in [-0.15, -0.1) is 0 Å². The summed E-state index contributed by atoms with van der Waals surface area (Å²) in [5.74, 6) is -0.851. The van der Waals surface area contributed by atoms with Crippen molar-refractivity contribution >= 4 is 34.9 Å². The van der Waals surface area contributed by atoms with Gasteiger partial charge in [-0.2, -0.15) is 0 Å². The molecule has 122 valence electrons. The Kier molecular flexibility index (Phi) is 4.18. The number of nitro benzene ring substituents is 1. The molecular formula is C16H11ClN2O5. The molecule has 7 nitrogen and oxygen atoms in total. The molecule has 0 aromatic heterocycles. The van der Waals surface area contributed by atoms with E-state index in [0.717, 1.165) is 0 Å². The van der Waals surface area contributed by atoms with Gasteiger partial charge in [-0.3, -0.25) is 14.9 Å². The van der Waals surface area contributed by atoms with Gasteiger partial charge in [0.15, 0.2) is 0 Å². The first kappa shape index (κ1) is 15.9. The fourth-order valence-corrected chi connectivity index (χ4v) is 2.73. The van der Waals surface area contributed by atoms with E-state index < -0.39 is 22.9 Å². The van der Waals surface area contributed by atoms with Crippen LogP contribution in [0.15, 0.2) is 42.5 Å². The number of cyclic esters (lactones) is 1. The number of amides is 1. The number of ether oxygens (including phenoxy) is 1. The normalized spacial score (nSPS) is 15.5. The van der Waals surface area contributed by atoms with Gasteiger partial charge in [0.25, 0.3) is 5.69 Å². The minimum Gasteiger partial charge on any atom is -0.453 e. The third-order valence-corrected chi connectivity index (χ3v) is 3.88. The highest BCUT2D eigenvalue weighted by molar-refractivity contribution is 6.33. The van der Waals surface area contributed by atoms with E-state index in [-0.39, 0.29) is 17.1 Å². The number of anilines is 1. The number of nitro groups is 1. The van der Waals surface area contributed by atoms with Crippen LogP contribution in [0.5, 0.6) is 0 Å². The molecule has 1 amide bonds. The first-order chi connectivity index (χ1) is 11.5. The second-order valence-corrected chi connectivity index (χ2v) is 5.56. The molecule has 0 fully saturated rings. The van der Waals surface area contributed by atoms with E-state index in [0.29, 0.717) is 16.8 Å². The topological polar surface area (TPSA) is 98.5 Å². The fourth-order valence-electron chi connectivity index (χ4n) is 2.48. The monoisotopic (exact) mass is 346 g/mol. The van der Waals surface area contributed by atoms with Crippen LogP contribution in [-0.4, -0.2) is 16.8 Å². The number of hydrogen-bond donors (Lipinski definition) is 1. The first-order valence-electron chi connectivity index (χ1n) is 6.99. The Labute approximate surface area is 141 Å². The van der Waals surface area contributed by atoms with E-state index in [1.807, 2.05) is 0 Å². The summed E-state index contributed by atoms with van der Waals surface area (Å²) in [6.45, 7) is 0. The average molecular weight is 347 g/mol. The van der Waals surface area contributed by atoms with Gasteiger partial charge < -0.3 is 10.1 Å². The maximum Gasteiger partial charge on any atom is 0.339 e. The second kappa shape index (κ2) is 6.29. The molecule has 0 aliphatic carbocycles. The van der Waals surface area contributed by atoms with Crippen LogP contribution in [0, 0.1) is 10.1 Å². The molecule has 3 rings (SSSR count). The quantitative estimate of drug-likeness (QED) is 0.519. The molecular weight excluding hydrogens is 336 g/mol. The van der Waals surface area contributed by atoms with Crippen molar-refractivity contribution in [2.24, 2.45) is 0 Å². The van der Waals surface area contributed by atoms with Crippen molar-refractivity contribution in [3.8, 4) is 0 Å². The lowest BCUT2D eigenvalue weighted by Crippen LogP contribution is -2.15. The molecule has 0 spiro atoms. The summed E-state index contributed by atoms with van der Waals surface area (Å²) in [6.07, 6.45) is -0.709. The lowest BCUT2D eigenvalue weighted by molar-refractivity contribution is -0.384. The molecule has 0 radical (unpaired) electrons. The molecule has 0 saturated heterocycles. The average Bonchev–Trinajstić information content (AvgIpc) is 2.83. The zero-order valence-electron chi connectivity index (χ0n) is 12.2. The standard InChI is InChI=1S/C16H11ClN2O5/c17-12-7-9(5-6-13(12)19(22)23)18-15(20)8-14-10-3-1-2-4-11(10)16(21)24-14/h1-7,14H,8H2,(H,18,20). The summed E-state index contributed by atoms with van der Waals surface area (Å²) in [6, 6.07) is 10.8. The van der Waals surface area contributed by atoms with Crippen LogP contribution >= 0.6 is 11.6 Å². The smallest absolute Gasteiger partial charge is 0.339 e. The van der Waals surface area contributed by atoms with Crippen LogP contribution in [0.25, 0.3) is 0 Å². The molecule has 1 heterocycles. The number of carbonyl (C=O) groups excluding carboxylic acids is 2. The van der Waals surface area contributed by atoms with Gasteiger partial charge in [0.1, 0.15) is 11.1 Å². The summed E-state index contributed by atoms with van der Waals surface area (Å²) in [5.41, 5.74) is 1.20. The fraction of sp³-hybridized carbons (Fsp3) is 0.125. The van der Waals surface area contributed by atoms with Crippen LogP contribution in [-0.2, 0) is 9.53 Å². The van der Waals surface area contributed by atoms with Crippen molar-refractivity contribution < 1.29 is 19.2 Å². The Morgan fingerprint density at radius 1 is 1.29 bits per heavy atom. The van der Waals surface area contributed by atoms with Gasteiger partial charge in [0, 0.05) is 17.3 Å². The molecule has 1 unspecified atom stereocenters. The Morgan fingerprint density at radius 2 is 2.04 bits per heavy atom. The number of nitrogens with one attached hydrogen (secondary N) is 1. The first-order valence-corrected chi connectivity index (χ1v) is 7.37. The minimum atomic E-state index is -0.651. The maximum atomic E-state index is 12.1. The van der Waals surface area contributed by atoms with Gasteiger partial charge in [0.05, 0.1) is 16.9 Å². The SMILES string of the molecule is O=C(CC1OC(=O)c2ccccc21)Nc1ccc([N+](=O)[O-])c(Cl)c1. The summed E-state index contributed by atoms with van der Waals surface area (Å²) in [7, 11) is 0. The highest BCUT2D eigenvalue weighted by Gasteiger charge is 2.32. The van der Waals surface area contributed by atoms with Crippen LogP contribution in [0.1, 0.15) is 28.4 Å². The molecule has 2 aromatic carbocycles. The highest BCUT2D eigenvalue weighted by atomic mass is 35.5. The third-order valence-electron chi connectivity index (χ3n) is 3.58. The Bertz CT molecular complexity index is 852. The zero-order chi connectivity index (χ0) is 17.3. The largest absolute Gasteiger partial charge is 0.453 e. The van der Waals surface area contributed by atoms with Gasteiger partial charge in [-0.1, -0.05) is 29.8 Å².